The third-order valence-corrected chi connectivity index (χ3v) is 3.69. The van der Waals surface area contributed by atoms with E-state index in [1.807, 2.05) is 6.92 Å². The molecule has 100 valence electrons. The lowest BCUT2D eigenvalue weighted by Gasteiger charge is -2.04. The van der Waals surface area contributed by atoms with Crippen LogP contribution in [0.1, 0.15) is 12.6 Å². The maximum absolute atomic E-state index is 11.1. The highest BCUT2D eigenvalue weighted by molar-refractivity contribution is 7.99. The molecular weight excluding hydrogens is 266 g/mol. The van der Waals surface area contributed by atoms with Crippen LogP contribution in [0, 0.1) is 17.0 Å². The van der Waals surface area contributed by atoms with Gasteiger partial charge in [-0.1, -0.05) is 11.8 Å². The Labute approximate surface area is 114 Å². The minimum absolute atomic E-state index is 0.0416. The predicted molar refractivity (Wildman–Crippen MR) is 71.5 cm³/mol. The molecular formula is C12H13N3O3S. The molecule has 0 bridgehead atoms. The average Bonchev–Trinajstić information content (AvgIpc) is 2.68. The summed E-state index contributed by atoms with van der Waals surface area (Å²) in [5.41, 5.74) is 0.452. The minimum atomic E-state index is -0.406. The summed E-state index contributed by atoms with van der Waals surface area (Å²) in [6, 6.07) is 6.53. The Hall–Kier alpha value is -2.02. The second kappa shape index (κ2) is 5.31. The summed E-state index contributed by atoms with van der Waals surface area (Å²) < 4.78 is 1.62. The van der Waals surface area contributed by atoms with Crippen molar-refractivity contribution in [1.29, 1.82) is 0 Å². The van der Waals surface area contributed by atoms with Crippen molar-refractivity contribution in [2.45, 2.75) is 30.3 Å². The number of nitrogens with zero attached hydrogens (tertiary/aromatic N) is 3. The smallest absolute Gasteiger partial charge is 0.324 e. The molecule has 0 aliphatic carbocycles. The fraction of sp³-hybridized carbons (Fsp3) is 0.250. The zero-order valence-electron chi connectivity index (χ0n) is 10.5. The third kappa shape index (κ3) is 2.70. The van der Waals surface area contributed by atoms with Gasteiger partial charge < -0.3 is 5.11 Å². The summed E-state index contributed by atoms with van der Waals surface area (Å²) in [6.45, 7) is 4.08. The van der Waals surface area contributed by atoms with E-state index in [0.29, 0.717) is 17.3 Å². The fourth-order valence-electron chi connectivity index (χ4n) is 1.70. The molecule has 0 unspecified atom stereocenters. The molecule has 0 fully saturated rings. The van der Waals surface area contributed by atoms with Crippen LogP contribution in [0.4, 0.5) is 5.69 Å². The zero-order valence-corrected chi connectivity index (χ0v) is 11.3. The topological polar surface area (TPSA) is 81.2 Å². The van der Waals surface area contributed by atoms with Crippen molar-refractivity contribution >= 4 is 17.4 Å². The first-order valence-electron chi connectivity index (χ1n) is 5.71. The zero-order chi connectivity index (χ0) is 14.0. The average molecular weight is 279 g/mol. The number of aromatic nitrogens is 2. The summed E-state index contributed by atoms with van der Waals surface area (Å²) in [5, 5.41) is 25.0. The molecule has 19 heavy (non-hydrogen) atoms. The van der Waals surface area contributed by atoms with E-state index in [2.05, 4.69) is 5.10 Å². The molecule has 0 aliphatic rings. The standard InChI is InChI=1S/C12H13N3O3S/c1-3-14-12(11(15(17)18)8(2)13-14)19-10-6-4-9(16)5-7-10/h4-7,16H,3H2,1-2H3. The van der Waals surface area contributed by atoms with Crippen LogP contribution in [0.25, 0.3) is 0 Å². The van der Waals surface area contributed by atoms with E-state index < -0.39 is 4.92 Å². The molecule has 0 radical (unpaired) electrons. The maximum atomic E-state index is 11.1. The van der Waals surface area contributed by atoms with Crippen LogP contribution in [0.5, 0.6) is 5.75 Å². The van der Waals surface area contributed by atoms with Gasteiger partial charge >= 0.3 is 5.69 Å². The van der Waals surface area contributed by atoms with E-state index in [4.69, 9.17) is 0 Å². The summed E-state index contributed by atoms with van der Waals surface area (Å²) in [6.07, 6.45) is 0. The lowest BCUT2D eigenvalue weighted by Crippen LogP contribution is -1.99. The lowest BCUT2D eigenvalue weighted by atomic mass is 10.3. The molecule has 0 aliphatic heterocycles. The van der Waals surface area contributed by atoms with Crippen LogP contribution >= 0.6 is 11.8 Å². The number of phenols is 1. The maximum Gasteiger partial charge on any atom is 0.324 e. The number of benzene rings is 1. The van der Waals surface area contributed by atoms with Crippen LogP contribution in [-0.2, 0) is 6.54 Å². The van der Waals surface area contributed by atoms with Gasteiger partial charge in [-0.25, -0.2) is 0 Å². The van der Waals surface area contributed by atoms with Crippen LogP contribution in [0.15, 0.2) is 34.2 Å². The van der Waals surface area contributed by atoms with Crippen LogP contribution in [0.2, 0.25) is 0 Å². The molecule has 1 aromatic heterocycles. The predicted octanol–water partition coefficient (Wildman–Crippen LogP) is 2.98. The Morgan fingerprint density at radius 2 is 2.05 bits per heavy atom. The van der Waals surface area contributed by atoms with Crippen molar-refractivity contribution in [1.82, 2.24) is 9.78 Å². The van der Waals surface area contributed by atoms with Gasteiger partial charge in [-0.2, -0.15) is 5.10 Å². The first-order valence-corrected chi connectivity index (χ1v) is 6.53. The SMILES string of the molecule is CCn1nc(C)c([N+](=O)[O-])c1Sc1ccc(O)cc1. The normalized spacial score (nSPS) is 10.6. The molecule has 7 heteroatoms. The molecule has 1 heterocycles. The first-order chi connectivity index (χ1) is 9.02. The molecule has 0 saturated heterocycles. The molecule has 0 atom stereocenters. The van der Waals surface area contributed by atoms with Crippen LogP contribution < -0.4 is 0 Å². The van der Waals surface area contributed by atoms with Gasteiger partial charge in [-0.05, 0) is 38.1 Å². The molecule has 1 N–H and O–H groups in total. The van der Waals surface area contributed by atoms with E-state index in [1.54, 1.807) is 35.9 Å². The quantitative estimate of drug-likeness (QED) is 0.687. The summed E-state index contributed by atoms with van der Waals surface area (Å²) in [5.74, 6) is 0.166. The number of aryl methyl sites for hydroxylation is 2. The largest absolute Gasteiger partial charge is 0.508 e. The van der Waals surface area contributed by atoms with Gasteiger partial charge in [-0.15, -0.1) is 0 Å². The number of hydrogen-bond donors (Lipinski definition) is 1. The van der Waals surface area contributed by atoms with Gasteiger partial charge in [0.1, 0.15) is 11.4 Å². The number of nitro groups is 1. The van der Waals surface area contributed by atoms with E-state index in [0.717, 1.165) is 4.90 Å². The molecule has 2 aromatic rings. The van der Waals surface area contributed by atoms with Crippen molar-refractivity contribution in [3.8, 4) is 5.75 Å². The van der Waals surface area contributed by atoms with E-state index >= 15 is 0 Å². The van der Waals surface area contributed by atoms with Crippen LogP contribution in [0.3, 0.4) is 0 Å². The number of phenolic OH excluding ortho intramolecular Hbond substituents is 1. The minimum Gasteiger partial charge on any atom is -0.508 e. The molecule has 0 spiro atoms. The van der Waals surface area contributed by atoms with Gasteiger partial charge in [0.05, 0.1) is 4.92 Å². The van der Waals surface area contributed by atoms with Crippen molar-refractivity contribution in [3.05, 3.63) is 40.1 Å². The van der Waals surface area contributed by atoms with Gasteiger partial charge in [0, 0.05) is 11.4 Å². The monoisotopic (exact) mass is 279 g/mol. The van der Waals surface area contributed by atoms with Crippen LogP contribution in [-0.4, -0.2) is 19.8 Å². The van der Waals surface area contributed by atoms with Crippen molar-refractivity contribution in [2.75, 3.05) is 0 Å². The van der Waals surface area contributed by atoms with E-state index in [1.165, 1.54) is 11.8 Å². The Balaban J connectivity index is 2.43. The Bertz CT molecular complexity index is 607. The lowest BCUT2D eigenvalue weighted by molar-refractivity contribution is -0.388. The molecule has 2 rings (SSSR count). The summed E-state index contributed by atoms with van der Waals surface area (Å²) in [4.78, 5) is 11.5. The second-order valence-corrected chi connectivity index (χ2v) is 4.97. The first kappa shape index (κ1) is 13.4. The Morgan fingerprint density at radius 3 is 2.58 bits per heavy atom. The van der Waals surface area contributed by atoms with Crippen molar-refractivity contribution in [2.24, 2.45) is 0 Å². The summed E-state index contributed by atoms with van der Waals surface area (Å²) in [7, 11) is 0. The highest BCUT2D eigenvalue weighted by atomic mass is 32.2. The number of aromatic hydroxyl groups is 1. The van der Waals surface area contributed by atoms with E-state index in [-0.39, 0.29) is 11.4 Å². The highest BCUT2D eigenvalue weighted by Crippen LogP contribution is 2.37. The van der Waals surface area contributed by atoms with Crippen molar-refractivity contribution < 1.29 is 10.0 Å². The molecule has 1 aromatic carbocycles. The van der Waals surface area contributed by atoms with Gasteiger partial charge in [-0.3, -0.25) is 14.8 Å². The van der Waals surface area contributed by atoms with E-state index in [9.17, 15) is 15.2 Å². The van der Waals surface area contributed by atoms with Gasteiger partial charge in [0.15, 0.2) is 5.03 Å². The third-order valence-electron chi connectivity index (χ3n) is 2.58. The molecule has 0 saturated carbocycles. The number of hydrogen-bond acceptors (Lipinski definition) is 5. The second-order valence-electron chi connectivity index (χ2n) is 3.91. The number of rotatable bonds is 4. The van der Waals surface area contributed by atoms with Crippen molar-refractivity contribution in [3.63, 3.8) is 0 Å². The summed E-state index contributed by atoms with van der Waals surface area (Å²) >= 11 is 1.27. The molecule has 0 amide bonds. The Morgan fingerprint density at radius 1 is 1.42 bits per heavy atom. The molecule has 6 nitrogen and oxygen atoms in total. The van der Waals surface area contributed by atoms with Gasteiger partial charge in [0.25, 0.3) is 0 Å². The fourth-order valence-corrected chi connectivity index (χ4v) is 2.79. The highest BCUT2D eigenvalue weighted by Gasteiger charge is 2.25. The Kier molecular flexibility index (Phi) is 3.75. The van der Waals surface area contributed by atoms with Gasteiger partial charge in [0.2, 0.25) is 0 Å².